The van der Waals surface area contributed by atoms with Gasteiger partial charge in [0.05, 0.1) is 85.3 Å². The molecule has 3 amide bonds. The highest BCUT2D eigenvalue weighted by Gasteiger charge is 2.62. The largest absolute Gasteiger partial charge is 0.395 e. The Kier molecular flexibility index (Phi) is 40.4. The molecule has 0 radical (unpaired) electrons. The van der Waals surface area contributed by atoms with Crippen molar-refractivity contribution in [3.8, 4) is 0 Å². The van der Waals surface area contributed by atoms with E-state index < -0.39 is 428 Å². The van der Waals surface area contributed by atoms with Gasteiger partial charge in [-0.05, 0) is 0 Å². The average molecular weight is 1930 g/mol. The molecule has 10 aliphatic rings. The minimum absolute atomic E-state index is 0.887. The molecule has 762 valence electrons. The van der Waals surface area contributed by atoms with Crippen LogP contribution < -0.4 is 21.7 Å². The monoisotopic (exact) mass is 1920 g/mol. The predicted octanol–water partition coefficient (Wildman–Crippen LogP) is -24.9. The summed E-state index contributed by atoms with van der Waals surface area (Å²) in [5.74, 6) is -3.02. The molecule has 59 nitrogen and oxygen atoms in total. The molecule has 59 heteroatoms. The fourth-order valence-corrected chi connectivity index (χ4v) is 16.6. The number of aliphatic hydroxyl groups excluding tert-OH is 32. The second kappa shape index (κ2) is 48.4. The molecule has 0 spiro atoms. The Balaban J connectivity index is 0.946. The topological polar surface area (TPSA) is 945 Å². The lowest BCUT2D eigenvalue weighted by Crippen LogP contribution is -2.70. The van der Waals surface area contributed by atoms with Crippen LogP contribution in [0.15, 0.2) is 0 Å². The summed E-state index contributed by atoms with van der Waals surface area (Å²) in [5, 5.41) is 361. The zero-order valence-corrected chi connectivity index (χ0v) is 69.9. The zero-order valence-electron chi connectivity index (χ0n) is 69.9. The highest BCUT2D eigenvalue weighted by molar-refractivity contribution is 5.74. The van der Waals surface area contributed by atoms with Crippen LogP contribution in [0.3, 0.4) is 0 Å². The molecule has 131 heavy (non-hydrogen) atoms. The van der Waals surface area contributed by atoms with Gasteiger partial charge >= 0.3 is 0 Å². The first kappa shape index (κ1) is 109. The van der Waals surface area contributed by atoms with Crippen LogP contribution in [0.25, 0.3) is 0 Å². The standard InChI is InChI=1S/C72H124N4O55/c1-16(88)74-31-40(98)57(27(12-85)117-63(31)123-54(20(91)5-78)34(92)19(73)4-77)126-70-53(111)60(129-72-62(46(104)38(96)24(9-82)116-72)131-65-33(76-18(3)90)42(100)56(26(11-84)119-65)125-69-52(110)48(106)59(29(14-87)121-69)128-67-50(108)44(102)36(94)22(7-80)114-67)39(97)30(122-70)15-112-71-61(45(103)37(95)23(8-81)115-71)130-64-32(75-17(2)89)41(99)55(25(10-83)118-64)124-68-51(109)47(105)58(28(13-86)120-68)127-66-49(107)43(101)35(93)21(6-79)113-66/h19-72,77-87,91-111H,4-15,73H2,1-3H3,(H,74,88)(H,75,89)(H,76,90)/t19-,20+,21+,22+,23+,24+,25+,26+,27+,28+,29+,30+,31+,32+,33+,34+,35-,36-,37+,38+,39+,40+,41+,42+,43-,44-,45-,46-,47+,48+,49+,50+,51+,52+,53-,54+,55+,56+,57+,58-,59-,60-,61-,62-,63-,64-,65-,66+,67+,68-,69-,70-,71-,72+/m0/s1. The van der Waals surface area contributed by atoms with Gasteiger partial charge in [-0.3, -0.25) is 14.4 Å². The lowest BCUT2D eigenvalue weighted by atomic mass is 9.94. The molecule has 37 N–H and O–H groups in total. The molecule has 10 heterocycles. The summed E-state index contributed by atoms with van der Waals surface area (Å²) in [6.07, 6.45) is -107. The molecule has 0 aromatic rings. The summed E-state index contributed by atoms with van der Waals surface area (Å²) >= 11 is 0. The molecule has 10 fully saturated rings. The van der Waals surface area contributed by atoms with Crippen LogP contribution >= 0.6 is 0 Å². The van der Waals surface area contributed by atoms with Crippen LogP contribution in [0.5, 0.6) is 0 Å². The van der Waals surface area contributed by atoms with Crippen LogP contribution in [0.1, 0.15) is 20.8 Å². The third-order valence-corrected chi connectivity index (χ3v) is 23.9. The highest BCUT2D eigenvalue weighted by Crippen LogP contribution is 2.42. The van der Waals surface area contributed by atoms with E-state index in [4.69, 9.17) is 100 Å². The summed E-state index contributed by atoms with van der Waals surface area (Å²) in [5.41, 5.74) is 5.85. The van der Waals surface area contributed by atoms with Crippen LogP contribution in [0, 0.1) is 0 Å². The lowest BCUT2D eigenvalue weighted by Gasteiger charge is -2.51. The van der Waals surface area contributed by atoms with Gasteiger partial charge in [-0.2, -0.15) is 0 Å². The van der Waals surface area contributed by atoms with Crippen molar-refractivity contribution in [3.05, 3.63) is 0 Å². The van der Waals surface area contributed by atoms with E-state index >= 15 is 0 Å². The maximum Gasteiger partial charge on any atom is 0.217 e. The number of ether oxygens (including phenoxy) is 20. The molecule has 0 bridgehead atoms. The maximum absolute atomic E-state index is 13.2. The van der Waals surface area contributed by atoms with E-state index in [0.717, 1.165) is 20.8 Å². The molecule has 0 aromatic heterocycles. The Bertz CT molecular complexity index is 3460. The van der Waals surface area contributed by atoms with E-state index in [-0.39, 0.29) is 0 Å². The van der Waals surface area contributed by atoms with Crippen molar-refractivity contribution in [2.24, 2.45) is 5.73 Å². The fraction of sp³-hybridized carbons (Fsp3) is 0.958. The van der Waals surface area contributed by atoms with Crippen LogP contribution in [0.2, 0.25) is 0 Å². The second-order valence-corrected chi connectivity index (χ2v) is 32.9. The summed E-state index contributed by atoms with van der Waals surface area (Å²) in [6, 6.07) is -7.70. The molecule has 10 saturated heterocycles. The molecule has 10 aliphatic heterocycles. The first-order valence-corrected chi connectivity index (χ1v) is 41.7. The van der Waals surface area contributed by atoms with E-state index in [9.17, 15) is 178 Å². The summed E-state index contributed by atoms with van der Waals surface area (Å²) < 4.78 is 118. The van der Waals surface area contributed by atoms with Gasteiger partial charge in [0.2, 0.25) is 17.7 Å². The highest BCUT2D eigenvalue weighted by atomic mass is 16.8. The Morgan fingerprint density at radius 3 is 0.855 bits per heavy atom. The van der Waals surface area contributed by atoms with Crippen molar-refractivity contribution in [1.82, 2.24) is 16.0 Å². The van der Waals surface area contributed by atoms with Crippen LogP contribution in [-0.4, -0.2) is 592 Å². The van der Waals surface area contributed by atoms with Gasteiger partial charge in [-0.25, -0.2) is 0 Å². The minimum atomic E-state index is -2.65. The maximum atomic E-state index is 13.2. The Labute approximate surface area is 741 Å². The first-order chi connectivity index (χ1) is 62.0. The number of hydrogen-bond donors (Lipinski definition) is 36. The first-order valence-electron chi connectivity index (χ1n) is 41.7. The van der Waals surface area contributed by atoms with Crippen LogP contribution in [-0.2, 0) is 109 Å². The van der Waals surface area contributed by atoms with Crippen molar-refractivity contribution in [2.75, 3.05) is 79.3 Å². The van der Waals surface area contributed by atoms with Gasteiger partial charge in [0.25, 0.3) is 0 Å². The number of hydrogen-bond acceptors (Lipinski definition) is 56. The summed E-state index contributed by atoms with van der Waals surface area (Å²) in [7, 11) is 0. The zero-order chi connectivity index (χ0) is 96.7. The number of amides is 3. The van der Waals surface area contributed by atoms with Gasteiger partial charge < -0.3 is 280 Å². The minimum Gasteiger partial charge on any atom is -0.395 e. The quantitative estimate of drug-likeness (QED) is 0.0273. The second-order valence-electron chi connectivity index (χ2n) is 32.9. The van der Waals surface area contributed by atoms with Crippen molar-refractivity contribution < 1.29 is 273 Å². The molecular formula is C72H124N4O55. The molecule has 0 unspecified atom stereocenters. The normalized spacial score (nSPS) is 48.2. The van der Waals surface area contributed by atoms with E-state index in [1.807, 2.05) is 0 Å². The SMILES string of the molecule is CC(=O)N[C@H]1[C@H](O[C@@H]([C@H](O)[C@@H](N)CO)[C@H](O)CO)O[C@H](CO)[C@@H](O[C@@H]2O[C@H](CO[C@H]3O[C@H](CO)[C@@H](O)[C@H](O)[C@@H]3O[C@@H]3O[C@H](CO)[C@@H](O[C@@H]4O[C@H](CO)[C@H](O[C@H]5O[C@H](CO)[C@H](O)[C@H](O)[C@H]5O)[C@H](O)[C@H]4O)[C@H](O)[C@H]3NC(C)=O)[C@@H](O)[C@H](O[C@H]3O[C@H](CO)[C@@H](O)[C@H](O)[C@@H]3O[C@@H]3O[C@H](CO)[C@@H](O[C@@H]4O[C@H](CO)[C@H](O[C@H]5O[C@H](CO)[C@H](O)[C@H](O)[C@H]5O)[C@H](O)[C@H]4O)[C@H](O)[C@H]3NC(C)=O)[C@@H]2O)[C@@H]1O. The number of carbonyl (C=O) groups is 3. The Morgan fingerprint density at radius 1 is 0.267 bits per heavy atom. The molecule has 0 aliphatic carbocycles. The van der Waals surface area contributed by atoms with E-state index in [2.05, 4.69) is 16.0 Å². The molecule has 54 atom stereocenters. The summed E-state index contributed by atoms with van der Waals surface area (Å²) in [4.78, 5) is 39.2. The van der Waals surface area contributed by atoms with Crippen molar-refractivity contribution in [3.63, 3.8) is 0 Å². The van der Waals surface area contributed by atoms with E-state index in [1.54, 1.807) is 0 Å². The Hall–Kier alpha value is -3.71. The molecule has 0 saturated carbocycles. The molecule has 10 rings (SSSR count). The molecule has 0 aromatic carbocycles. The average Bonchev–Trinajstić information content (AvgIpc) is 0.760. The van der Waals surface area contributed by atoms with Gasteiger partial charge in [0.1, 0.15) is 262 Å². The third-order valence-electron chi connectivity index (χ3n) is 23.9. The van der Waals surface area contributed by atoms with Crippen molar-refractivity contribution in [1.29, 1.82) is 0 Å². The molecular weight excluding hydrogens is 1800 g/mol. The van der Waals surface area contributed by atoms with E-state index in [1.165, 1.54) is 0 Å². The van der Waals surface area contributed by atoms with Gasteiger partial charge in [-0.15, -0.1) is 0 Å². The van der Waals surface area contributed by atoms with Crippen molar-refractivity contribution >= 4 is 17.7 Å². The third kappa shape index (κ3) is 24.3. The smallest absolute Gasteiger partial charge is 0.217 e. The number of nitrogens with one attached hydrogen (secondary N) is 3. The van der Waals surface area contributed by atoms with Gasteiger partial charge in [0.15, 0.2) is 62.9 Å². The predicted molar refractivity (Wildman–Crippen MR) is 401 cm³/mol. The number of nitrogens with two attached hydrogens (primary N) is 1. The number of carbonyl (C=O) groups excluding carboxylic acids is 3. The lowest BCUT2D eigenvalue weighted by molar-refractivity contribution is -0.400. The van der Waals surface area contributed by atoms with Gasteiger partial charge in [-0.1, -0.05) is 0 Å². The Morgan fingerprint density at radius 2 is 0.519 bits per heavy atom. The number of rotatable bonds is 38. The van der Waals surface area contributed by atoms with Crippen molar-refractivity contribution in [2.45, 2.75) is 352 Å². The van der Waals surface area contributed by atoms with Crippen LogP contribution in [0.4, 0.5) is 0 Å². The van der Waals surface area contributed by atoms with Gasteiger partial charge in [0, 0.05) is 20.8 Å². The summed E-state index contributed by atoms with van der Waals surface area (Å²) in [6.45, 7) is -10.9. The number of aliphatic hydroxyl groups is 32. The van der Waals surface area contributed by atoms with E-state index in [0.29, 0.717) is 0 Å². The fourth-order valence-electron chi connectivity index (χ4n) is 16.6.